The highest BCUT2D eigenvalue weighted by Gasteiger charge is 1.97. The van der Waals surface area contributed by atoms with Crippen LogP contribution in [-0.2, 0) is 0 Å². The monoisotopic (exact) mass is 221 g/mol. The van der Waals surface area contributed by atoms with Crippen LogP contribution in [-0.4, -0.2) is 31.1 Å². The molecule has 0 aliphatic rings. The molecule has 0 amide bonds. The third kappa shape index (κ3) is 3.36. The van der Waals surface area contributed by atoms with Gasteiger partial charge in [-0.1, -0.05) is 30.4 Å². The van der Waals surface area contributed by atoms with Crippen LogP contribution in [0.2, 0.25) is 0 Å². The number of rotatable bonds is 3. The molecule has 0 aliphatic carbocycles. The fourth-order valence-corrected chi connectivity index (χ4v) is 1.18. The summed E-state index contributed by atoms with van der Waals surface area (Å²) in [6, 6.07) is 7.84. The number of ether oxygens (including phenoxy) is 1. The van der Waals surface area contributed by atoms with Crippen molar-refractivity contribution in [3.63, 3.8) is 0 Å². The molecule has 0 heterocycles. The number of likely N-dealkylation sites (N-methyl/N-ethyl adjacent to an activating group) is 1. The molecule has 3 heteroatoms. The summed E-state index contributed by atoms with van der Waals surface area (Å²) in [5.41, 5.74) is 1.03. The summed E-state index contributed by atoms with van der Waals surface area (Å²) < 4.78 is 5.23. The first-order chi connectivity index (χ1) is 7.15. The van der Waals surface area contributed by atoms with E-state index in [1.807, 2.05) is 55.4 Å². The maximum atomic E-state index is 5.23. The molecule has 0 unspecified atom stereocenters. The van der Waals surface area contributed by atoms with E-state index in [-0.39, 0.29) is 0 Å². The lowest BCUT2D eigenvalue weighted by Crippen LogP contribution is -2.16. The van der Waals surface area contributed by atoms with Gasteiger partial charge in [0.1, 0.15) is 10.7 Å². The maximum absolute atomic E-state index is 5.23. The Hall–Kier alpha value is -1.35. The SMILES string of the molecule is COc1ccccc1/C=C/C(=S)N(C)C. The zero-order chi connectivity index (χ0) is 11.3. The summed E-state index contributed by atoms with van der Waals surface area (Å²) in [7, 11) is 5.51. The van der Waals surface area contributed by atoms with Gasteiger partial charge >= 0.3 is 0 Å². The third-order valence-electron chi connectivity index (χ3n) is 1.99. The van der Waals surface area contributed by atoms with Gasteiger partial charge in [0, 0.05) is 19.7 Å². The van der Waals surface area contributed by atoms with Crippen LogP contribution in [0, 0.1) is 0 Å². The topological polar surface area (TPSA) is 12.5 Å². The smallest absolute Gasteiger partial charge is 0.126 e. The standard InChI is InChI=1S/C12H15NOS/c1-13(2)12(15)9-8-10-6-4-5-7-11(10)14-3/h4-9H,1-3H3/b9-8+. The minimum Gasteiger partial charge on any atom is -0.496 e. The van der Waals surface area contributed by atoms with Crippen molar-refractivity contribution in [2.45, 2.75) is 0 Å². The molecule has 1 aromatic carbocycles. The van der Waals surface area contributed by atoms with Crippen LogP contribution in [0.3, 0.4) is 0 Å². The number of methoxy groups -OCH3 is 1. The summed E-state index contributed by atoms with van der Waals surface area (Å²) in [4.78, 5) is 2.68. The Labute approximate surface area is 96.2 Å². The van der Waals surface area contributed by atoms with Gasteiger partial charge in [-0.05, 0) is 18.2 Å². The Bertz CT molecular complexity index is 372. The fraction of sp³-hybridized carbons (Fsp3) is 0.250. The highest BCUT2D eigenvalue weighted by Crippen LogP contribution is 2.18. The number of benzene rings is 1. The van der Waals surface area contributed by atoms with Gasteiger partial charge in [-0.3, -0.25) is 0 Å². The molecule has 0 spiro atoms. The van der Waals surface area contributed by atoms with Gasteiger partial charge in [-0.2, -0.15) is 0 Å². The van der Waals surface area contributed by atoms with E-state index in [1.165, 1.54) is 0 Å². The van der Waals surface area contributed by atoms with E-state index in [0.717, 1.165) is 16.3 Å². The van der Waals surface area contributed by atoms with Crippen molar-refractivity contribution >= 4 is 23.3 Å². The minimum atomic E-state index is 0.793. The third-order valence-corrected chi connectivity index (χ3v) is 2.49. The average Bonchev–Trinajstić information content (AvgIpc) is 2.26. The predicted molar refractivity (Wildman–Crippen MR) is 68.3 cm³/mol. The Morgan fingerprint density at radius 1 is 1.33 bits per heavy atom. The normalized spacial score (nSPS) is 10.3. The molecule has 0 N–H and O–H groups in total. The Morgan fingerprint density at radius 2 is 2.00 bits per heavy atom. The lowest BCUT2D eigenvalue weighted by atomic mass is 10.2. The molecule has 0 bridgehead atoms. The van der Waals surface area contributed by atoms with Crippen LogP contribution in [0.1, 0.15) is 5.56 Å². The van der Waals surface area contributed by atoms with Crippen LogP contribution < -0.4 is 4.74 Å². The van der Waals surface area contributed by atoms with Crippen molar-refractivity contribution in [3.05, 3.63) is 35.9 Å². The molecule has 80 valence electrons. The molecular weight excluding hydrogens is 206 g/mol. The molecule has 0 radical (unpaired) electrons. The van der Waals surface area contributed by atoms with Crippen LogP contribution in [0.5, 0.6) is 5.75 Å². The zero-order valence-electron chi connectivity index (χ0n) is 9.23. The van der Waals surface area contributed by atoms with Crippen molar-refractivity contribution in [2.75, 3.05) is 21.2 Å². The van der Waals surface area contributed by atoms with Gasteiger partial charge in [0.15, 0.2) is 0 Å². The quantitative estimate of drug-likeness (QED) is 0.575. The number of hydrogen-bond donors (Lipinski definition) is 0. The molecule has 0 saturated carbocycles. The maximum Gasteiger partial charge on any atom is 0.126 e. The summed E-state index contributed by atoms with van der Waals surface area (Å²) >= 11 is 5.15. The molecule has 0 fully saturated rings. The van der Waals surface area contributed by atoms with E-state index < -0.39 is 0 Å². The van der Waals surface area contributed by atoms with E-state index in [9.17, 15) is 0 Å². The predicted octanol–water partition coefficient (Wildman–Crippen LogP) is 2.60. The molecule has 1 rings (SSSR count). The molecule has 0 saturated heterocycles. The first-order valence-corrected chi connectivity index (χ1v) is 5.08. The first kappa shape index (κ1) is 11.7. The largest absolute Gasteiger partial charge is 0.496 e. The minimum absolute atomic E-state index is 0.793. The number of hydrogen-bond acceptors (Lipinski definition) is 2. The molecule has 0 aliphatic heterocycles. The zero-order valence-corrected chi connectivity index (χ0v) is 10.0. The highest BCUT2D eigenvalue weighted by atomic mass is 32.1. The second-order valence-electron chi connectivity index (χ2n) is 3.31. The van der Waals surface area contributed by atoms with Gasteiger partial charge in [0.25, 0.3) is 0 Å². The second kappa shape index (κ2) is 5.51. The van der Waals surface area contributed by atoms with Gasteiger partial charge in [-0.15, -0.1) is 0 Å². The lowest BCUT2D eigenvalue weighted by Gasteiger charge is -2.09. The molecule has 0 atom stereocenters. The van der Waals surface area contributed by atoms with Gasteiger partial charge in [-0.25, -0.2) is 0 Å². The van der Waals surface area contributed by atoms with Crippen LogP contribution >= 0.6 is 12.2 Å². The van der Waals surface area contributed by atoms with Gasteiger partial charge < -0.3 is 9.64 Å². The number of thiocarbonyl (C=S) groups is 1. The van der Waals surface area contributed by atoms with Crippen molar-refractivity contribution in [3.8, 4) is 5.75 Å². The highest BCUT2D eigenvalue weighted by molar-refractivity contribution is 7.80. The number of para-hydroxylation sites is 1. The molecule has 0 aromatic heterocycles. The summed E-state index contributed by atoms with van der Waals surface area (Å²) in [5, 5.41) is 0. The molecule has 1 aromatic rings. The van der Waals surface area contributed by atoms with Crippen molar-refractivity contribution < 1.29 is 4.74 Å². The summed E-state index contributed by atoms with van der Waals surface area (Å²) in [5.74, 6) is 0.857. The first-order valence-electron chi connectivity index (χ1n) is 4.67. The van der Waals surface area contributed by atoms with Crippen molar-refractivity contribution in [1.82, 2.24) is 4.90 Å². The van der Waals surface area contributed by atoms with E-state index in [2.05, 4.69) is 0 Å². The van der Waals surface area contributed by atoms with E-state index in [1.54, 1.807) is 7.11 Å². The average molecular weight is 221 g/mol. The van der Waals surface area contributed by atoms with Crippen LogP contribution in [0.25, 0.3) is 6.08 Å². The van der Waals surface area contributed by atoms with Crippen molar-refractivity contribution in [1.29, 1.82) is 0 Å². The molecular formula is C12H15NOS. The Balaban J connectivity index is 2.84. The van der Waals surface area contributed by atoms with E-state index in [4.69, 9.17) is 17.0 Å². The van der Waals surface area contributed by atoms with E-state index >= 15 is 0 Å². The lowest BCUT2D eigenvalue weighted by molar-refractivity contribution is 0.414. The Kier molecular flexibility index (Phi) is 4.31. The Morgan fingerprint density at radius 3 is 2.60 bits per heavy atom. The fourth-order valence-electron chi connectivity index (χ4n) is 1.11. The number of nitrogens with zero attached hydrogens (tertiary/aromatic N) is 1. The van der Waals surface area contributed by atoms with Crippen LogP contribution in [0.15, 0.2) is 30.3 Å². The molecule has 2 nitrogen and oxygen atoms in total. The van der Waals surface area contributed by atoms with Crippen molar-refractivity contribution in [2.24, 2.45) is 0 Å². The second-order valence-corrected chi connectivity index (χ2v) is 3.73. The van der Waals surface area contributed by atoms with Gasteiger partial charge in [0.05, 0.1) is 7.11 Å². The van der Waals surface area contributed by atoms with Crippen LogP contribution in [0.4, 0.5) is 0 Å². The summed E-state index contributed by atoms with van der Waals surface area (Å²) in [6.07, 6.45) is 3.86. The van der Waals surface area contributed by atoms with E-state index in [0.29, 0.717) is 0 Å². The molecule has 15 heavy (non-hydrogen) atoms. The van der Waals surface area contributed by atoms with Gasteiger partial charge in [0.2, 0.25) is 0 Å². The summed E-state index contributed by atoms with van der Waals surface area (Å²) in [6.45, 7) is 0.